The van der Waals surface area contributed by atoms with E-state index in [-0.39, 0.29) is 22.7 Å². The van der Waals surface area contributed by atoms with E-state index in [1.807, 2.05) is 51.1 Å². The molecular weight excluding hydrogens is 465 g/mol. The number of hydrogen-bond acceptors (Lipinski definition) is 6. The van der Waals surface area contributed by atoms with Crippen LogP contribution in [0.4, 0.5) is 4.39 Å². The number of carbonyl (C=O) groups is 1. The summed E-state index contributed by atoms with van der Waals surface area (Å²) in [6.45, 7) is 6.35. The summed E-state index contributed by atoms with van der Waals surface area (Å²) in [5, 5.41) is 0.783. The average molecular weight is 490 g/mol. The van der Waals surface area contributed by atoms with Crippen LogP contribution in [-0.4, -0.2) is 31.7 Å². The Balaban J connectivity index is 1.61. The number of Topliss-reactive ketones (excluding diaryl/α,β-unsaturated/α-hetero) is 1. The molecule has 2 aromatic heterocycles. The number of thioether (sulfide) groups is 1. The molecule has 4 aromatic rings. The van der Waals surface area contributed by atoms with E-state index in [0.717, 1.165) is 28.6 Å². The number of halogens is 1. The second-order valence-corrected chi connectivity index (χ2v) is 10.2. The minimum absolute atomic E-state index is 0.0429. The van der Waals surface area contributed by atoms with Gasteiger partial charge in [-0.3, -0.25) is 14.2 Å². The van der Waals surface area contributed by atoms with E-state index in [2.05, 4.69) is 0 Å². The van der Waals surface area contributed by atoms with Gasteiger partial charge in [0.1, 0.15) is 5.82 Å². The number of aryl methyl sites for hydroxylation is 1. The third-order valence-corrected chi connectivity index (χ3v) is 6.91. The SMILES string of the molecule is Cc1cccc(-n2c(SCC(=O)c3ccc(F)cc3)nc3nc4c(cc3c2=O)COC(C)(C)C4)c1. The lowest BCUT2D eigenvalue weighted by Gasteiger charge is -2.31. The summed E-state index contributed by atoms with van der Waals surface area (Å²) < 4.78 is 20.7. The van der Waals surface area contributed by atoms with E-state index in [0.29, 0.717) is 40.5 Å². The van der Waals surface area contributed by atoms with Gasteiger partial charge in [-0.15, -0.1) is 0 Å². The van der Waals surface area contributed by atoms with Crippen LogP contribution in [0.3, 0.4) is 0 Å². The number of benzene rings is 2. The van der Waals surface area contributed by atoms with Crippen molar-refractivity contribution >= 4 is 28.6 Å². The lowest BCUT2D eigenvalue weighted by atomic mass is 9.95. The molecule has 0 spiro atoms. The van der Waals surface area contributed by atoms with Crippen molar-refractivity contribution in [3.63, 3.8) is 0 Å². The predicted molar refractivity (Wildman–Crippen MR) is 134 cm³/mol. The minimum atomic E-state index is -0.401. The Hall–Kier alpha value is -3.36. The maximum absolute atomic E-state index is 13.7. The molecule has 0 fully saturated rings. The highest BCUT2D eigenvalue weighted by Crippen LogP contribution is 2.29. The molecule has 0 bridgehead atoms. The number of carbonyl (C=O) groups excluding carboxylic acids is 1. The number of ketones is 1. The highest BCUT2D eigenvalue weighted by Gasteiger charge is 2.28. The lowest BCUT2D eigenvalue weighted by Crippen LogP contribution is -2.33. The van der Waals surface area contributed by atoms with Crippen molar-refractivity contribution in [1.29, 1.82) is 0 Å². The third kappa shape index (κ3) is 4.76. The molecule has 1 aliphatic heterocycles. The van der Waals surface area contributed by atoms with Crippen molar-refractivity contribution in [2.24, 2.45) is 0 Å². The van der Waals surface area contributed by atoms with Crippen molar-refractivity contribution in [3.8, 4) is 5.69 Å². The molecule has 0 saturated heterocycles. The van der Waals surface area contributed by atoms with Crippen LogP contribution >= 0.6 is 11.8 Å². The van der Waals surface area contributed by atoms with Gasteiger partial charge in [-0.1, -0.05) is 23.9 Å². The van der Waals surface area contributed by atoms with Crippen molar-refractivity contribution in [2.45, 2.75) is 44.6 Å². The number of rotatable bonds is 5. The molecule has 6 nitrogen and oxygen atoms in total. The van der Waals surface area contributed by atoms with Crippen LogP contribution in [0.5, 0.6) is 0 Å². The van der Waals surface area contributed by atoms with Crippen LogP contribution in [0.15, 0.2) is 64.5 Å². The highest BCUT2D eigenvalue weighted by atomic mass is 32.2. The first-order chi connectivity index (χ1) is 16.7. The van der Waals surface area contributed by atoms with Gasteiger partial charge >= 0.3 is 0 Å². The first-order valence-corrected chi connectivity index (χ1v) is 12.3. The second-order valence-electron chi connectivity index (χ2n) is 9.28. The molecule has 178 valence electrons. The first-order valence-electron chi connectivity index (χ1n) is 11.3. The van der Waals surface area contributed by atoms with Crippen LogP contribution in [0.25, 0.3) is 16.7 Å². The second kappa shape index (κ2) is 9.02. The van der Waals surface area contributed by atoms with Crippen LogP contribution < -0.4 is 5.56 Å². The number of ether oxygens (including phenoxy) is 1. The first kappa shape index (κ1) is 23.4. The molecule has 5 rings (SSSR count). The van der Waals surface area contributed by atoms with Crippen molar-refractivity contribution in [1.82, 2.24) is 14.5 Å². The average Bonchev–Trinajstić information content (AvgIpc) is 2.81. The Morgan fingerprint density at radius 1 is 1.14 bits per heavy atom. The lowest BCUT2D eigenvalue weighted by molar-refractivity contribution is -0.0411. The van der Waals surface area contributed by atoms with Crippen molar-refractivity contribution in [2.75, 3.05) is 5.75 Å². The van der Waals surface area contributed by atoms with Crippen molar-refractivity contribution in [3.05, 3.63) is 93.2 Å². The molecule has 0 radical (unpaired) electrons. The predicted octanol–water partition coefficient (Wildman–Crippen LogP) is 5.05. The van der Waals surface area contributed by atoms with E-state index in [9.17, 15) is 14.0 Å². The van der Waals surface area contributed by atoms with E-state index in [4.69, 9.17) is 14.7 Å². The van der Waals surface area contributed by atoms with Crippen molar-refractivity contribution < 1.29 is 13.9 Å². The van der Waals surface area contributed by atoms with Gasteiger partial charge in [-0.25, -0.2) is 14.4 Å². The molecule has 35 heavy (non-hydrogen) atoms. The van der Waals surface area contributed by atoms with Gasteiger partial charge in [0.2, 0.25) is 0 Å². The van der Waals surface area contributed by atoms with E-state index >= 15 is 0 Å². The zero-order valence-corrected chi connectivity index (χ0v) is 20.5. The largest absolute Gasteiger partial charge is 0.370 e. The third-order valence-electron chi connectivity index (χ3n) is 5.97. The molecule has 8 heteroatoms. The van der Waals surface area contributed by atoms with Gasteiger partial charge in [0.15, 0.2) is 16.6 Å². The standard InChI is InChI=1S/C27H24FN3O3S/c1-16-5-4-6-20(11-16)31-25(33)21-12-18-14-34-27(2,3)13-22(18)29-24(21)30-26(31)35-15-23(32)17-7-9-19(28)10-8-17/h4-12H,13-15H2,1-3H3. The number of aromatic nitrogens is 3. The monoisotopic (exact) mass is 489 g/mol. The topological polar surface area (TPSA) is 74.1 Å². The van der Waals surface area contributed by atoms with E-state index in [1.165, 1.54) is 28.8 Å². The molecule has 2 aromatic carbocycles. The summed E-state index contributed by atoms with van der Waals surface area (Å²) in [7, 11) is 0. The number of hydrogen-bond donors (Lipinski definition) is 0. The van der Waals surface area contributed by atoms with Gasteiger partial charge in [-0.2, -0.15) is 0 Å². The number of pyridine rings is 1. The van der Waals surface area contributed by atoms with Gasteiger partial charge in [0.05, 0.1) is 34.7 Å². The quantitative estimate of drug-likeness (QED) is 0.222. The summed E-state index contributed by atoms with van der Waals surface area (Å²) in [6.07, 6.45) is 0.618. The smallest absolute Gasteiger partial charge is 0.268 e. The molecule has 0 aliphatic carbocycles. The number of fused-ring (bicyclic) bond motifs is 2. The van der Waals surface area contributed by atoms with Gasteiger partial charge < -0.3 is 4.74 Å². The fraction of sp³-hybridized carbons (Fsp3) is 0.259. The minimum Gasteiger partial charge on any atom is -0.370 e. The normalized spacial score (nSPS) is 14.6. The molecular formula is C27H24FN3O3S. The molecule has 3 heterocycles. The molecule has 0 unspecified atom stereocenters. The molecule has 0 atom stereocenters. The Kier molecular flexibility index (Phi) is 6.02. The number of nitrogens with zero attached hydrogens (tertiary/aromatic N) is 3. The van der Waals surface area contributed by atoms with Gasteiger partial charge in [0.25, 0.3) is 5.56 Å². The summed E-state index contributed by atoms with van der Waals surface area (Å²) in [5.74, 6) is -0.541. The molecule has 0 saturated carbocycles. The maximum atomic E-state index is 13.7. The fourth-order valence-corrected chi connectivity index (χ4v) is 5.01. The van der Waals surface area contributed by atoms with E-state index < -0.39 is 5.82 Å². The van der Waals surface area contributed by atoms with Crippen LogP contribution in [-0.2, 0) is 17.8 Å². The van der Waals surface area contributed by atoms with Gasteiger partial charge in [-0.05, 0) is 68.8 Å². The van der Waals surface area contributed by atoms with Crippen LogP contribution in [0.1, 0.15) is 41.0 Å². The van der Waals surface area contributed by atoms with Crippen LogP contribution in [0.2, 0.25) is 0 Å². The zero-order chi connectivity index (χ0) is 24.7. The summed E-state index contributed by atoms with van der Waals surface area (Å²) in [6, 6.07) is 14.8. The zero-order valence-electron chi connectivity index (χ0n) is 19.7. The van der Waals surface area contributed by atoms with E-state index in [1.54, 1.807) is 0 Å². The molecule has 1 aliphatic rings. The summed E-state index contributed by atoms with van der Waals surface area (Å²) >= 11 is 1.16. The maximum Gasteiger partial charge on any atom is 0.268 e. The Morgan fingerprint density at radius 2 is 1.91 bits per heavy atom. The fourth-order valence-electron chi connectivity index (χ4n) is 4.12. The highest BCUT2D eigenvalue weighted by molar-refractivity contribution is 7.99. The summed E-state index contributed by atoms with van der Waals surface area (Å²) in [4.78, 5) is 36.0. The Labute approximate surface area is 206 Å². The molecule has 0 N–H and O–H groups in total. The Bertz CT molecular complexity index is 1510. The van der Waals surface area contributed by atoms with Gasteiger partial charge in [0, 0.05) is 17.5 Å². The summed E-state index contributed by atoms with van der Waals surface area (Å²) in [5.41, 5.74) is 3.57. The van der Waals surface area contributed by atoms with Crippen LogP contribution in [0, 0.1) is 12.7 Å². The molecule has 0 amide bonds. The Morgan fingerprint density at radius 3 is 2.66 bits per heavy atom.